The first-order valence-corrected chi connectivity index (χ1v) is 12.9. The van der Waals surface area contributed by atoms with E-state index in [1.807, 2.05) is 0 Å². The topological polar surface area (TPSA) is 0 Å². The van der Waals surface area contributed by atoms with Crippen molar-refractivity contribution in [2.75, 3.05) is 0 Å². The second-order valence-corrected chi connectivity index (χ2v) is 10.1. The van der Waals surface area contributed by atoms with Crippen LogP contribution in [0.1, 0.15) is 92.0 Å². The normalized spacial score (nSPS) is 19.6. The Bertz CT molecular complexity index is 912. The highest BCUT2D eigenvalue weighted by Crippen LogP contribution is 2.37. The van der Waals surface area contributed by atoms with Gasteiger partial charge in [0.1, 0.15) is 0 Å². The molecule has 1 aliphatic rings. The van der Waals surface area contributed by atoms with Crippen molar-refractivity contribution < 1.29 is 0 Å². The quantitative estimate of drug-likeness (QED) is 0.322. The van der Waals surface area contributed by atoms with Crippen molar-refractivity contribution in [3.05, 3.63) is 107 Å². The van der Waals surface area contributed by atoms with Crippen LogP contribution in [0, 0.1) is 5.92 Å². The van der Waals surface area contributed by atoms with Crippen molar-refractivity contribution >= 4 is 0 Å². The molecule has 1 aliphatic carbocycles. The molecule has 4 rings (SSSR count). The van der Waals surface area contributed by atoms with E-state index in [9.17, 15) is 0 Å². The van der Waals surface area contributed by atoms with Crippen LogP contribution in [-0.2, 0) is 19.3 Å². The molecule has 3 aromatic rings. The van der Waals surface area contributed by atoms with E-state index in [1.54, 1.807) is 5.56 Å². The Labute approximate surface area is 196 Å². The van der Waals surface area contributed by atoms with Crippen LogP contribution in [0.25, 0.3) is 0 Å². The van der Waals surface area contributed by atoms with E-state index in [0.29, 0.717) is 5.92 Å². The molecule has 1 saturated carbocycles. The predicted molar refractivity (Wildman–Crippen MR) is 138 cm³/mol. The molecule has 0 amide bonds. The van der Waals surface area contributed by atoms with E-state index in [2.05, 4.69) is 92.7 Å². The predicted octanol–water partition coefficient (Wildman–Crippen LogP) is 8.89. The molecule has 168 valence electrons. The number of benzene rings is 3. The van der Waals surface area contributed by atoms with Gasteiger partial charge in [0, 0.05) is 0 Å². The standard InChI is InChI=1S/C32H40/c1-3-7-26-16-20-31(21-17-26)32-22-18-28(19-23-32)11-10-27-12-14-29(15-13-27)24-25(2)30-8-5-4-6-9-30/h4-6,8-9,12-17,20-21,25,28,32H,3,7,10-11,18-19,22-24H2,1-2H3/t25-,28?,32?/m0/s1. The smallest absolute Gasteiger partial charge is 0.0150 e. The van der Waals surface area contributed by atoms with Crippen molar-refractivity contribution in [3.8, 4) is 0 Å². The molecular formula is C32H40. The van der Waals surface area contributed by atoms with Gasteiger partial charge in [-0.15, -0.1) is 0 Å². The molecule has 0 unspecified atom stereocenters. The van der Waals surface area contributed by atoms with E-state index < -0.39 is 0 Å². The molecule has 32 heavy (non-hydrogen) atoms. The van der Waals surface area contributed by atoms with Crippen LogP contribution in [0.4, 0.5) is 0 Å². The zero-order chi connectivity index (χ0) is 22.2. The maximum atomic E-state index is 2.40. The molecule has 3 aromatic carbocycles. The van der Waals surface area contributed by atoms with Gasteiger partial charge in [0.15, 0.2) is 0 Å². The van der Waals surface area contributed by atoms with Gasteiger partial charge in [-0.1, -0.05) is 99.1 Å². The molecule has 0 heteroatoms. The van der Waals surface area contributed by atoms with Crippen LogP contribution in [-0.4, -0.2) is 0 Å². The van der Waals surface area contributed by atoms with E-state index in [1.165, 1.54) is 73.6 Å². The van der Waals surface area contributed by atoms with Crippen LogP contribution in [0.15, 0.2) is 78.9 Å². The van der Waals surface area contributed by atoms with Crippen LogP contribution >= 0.6 is 0 Å². The fourth-order valence-corrected chi connectivity index (χ4v) is 5.50. The van der Waals surface area contributed by atoms with Gasteiger partial charge >= 0.3 is 0 Å². The summed E-state index contributed by atoms with van der Waals surface area (Å²) in [5.41, 5.74) is 7.46. The van der Waals surface area contributed by atoms with Gasteiger partial charge in [0.2, 0.25) is 0 Å². The fourth-order valence-electron chi connectivity index (χ4n) is 5.50. The maximum absolute atomic E-state index is 2.40. The third kappa shape index (κ3) is 6.35. The summed E-state index contributed by atoms with van der Waals surface area (Å²) in [5.74, 6) is 2.26. The Hall–Kier alpha value is -2.34. The first-order chi connectivity index (χ1) is 15.7. The third-order valence-electron chi connectivity index (χ3n) is 7.61. The summed E-state index contributed by atoms with van der Waals surface area (Å²) < 4.78 is 0. The van der Waals surface area contributed by atoms with E-state index in [0.717, 1.165) is 18.3 Å². The second kappa shape index (κ2) is 11.5. The Morgan fingerprint density at radius 1 is 0.688 bits per heavy atom. The minimum Gasteiger partial charge on any atom is -0.0651 e. The molecule has 0 radical (unpaired) electrons. The molecule has 0 spiro atoms. The lowest BCUT2D eigenvalue weighted by atomic mass is 9.77. The molecular weight excluding hydrogens is 384 g/mol. The average molecular weight is 425 g/mol. The van der Waals surface area contributed by atoms with E-state index in [4.69, 9.17) is 0 Å². The Balaban J connectivity index is 1.21. The van der Waals surface area contributed by atoms with Crippen molar-refractivity contribution in [1.29, 1.82) is 0 Å². The van der Waals surface area contributed by atoms with Crippen LogP contribution in [0.3, 0.4) is 0 Å². The summed E-state index contributed by atoms with van der Waals surface area (Å²) in [6.45, 7) is 4.59. The third-order valence-corrected chi connectivity index (χ3v) is 7.61. The minimum atomic E-state index is 0.570. The monoisotopic (exact) mass is 424 g/mol. The minimum absolute atomic E-state index is 0.570. The lowest BCUT2D eigenvalue weighted by Crippen LogP contribution is -2.14. The highest BCUT2D eigenvalue weighted by Gasteiger charge is 2.22. The number of hydrogen-bond acceptors (Lipinski definition) is 0. The van der Waals surface area contributed by atoms with Crippen molar-refractivity contribution in [2.24, 2.45) is 5.92 Å². The molecule has 1 atom stereocenters. The maximum Gasteiger partial charge on any atom is -0.0150 e. The van der Waals surface area contributed by atoms with Gasteiger partial charge in [-0.2, -0.15) is 0 Å². The Morgan fingerprint density at radius 2 is 1.28 bits per heavy atom. The fraction of sp³-hybridized carbons (Fsp3) is 0.438. The van der Waals surface area contributed by atoms with Crippen molar-refractivity contribution in [1.82, 2.24) is 0 Å². The van der Waals surface area contributed by atoms with E-state index in [-0.39, 0.29) is 0 Å². The van der Waals surface area contributed by atoms with Gasteiger partial charge in [-0.3, -0.25) is 0 Å². The number of aryl methyl sites for hydroxylation is 2. The largest absolute Gasteiger partial charge is 0.0651 e. The van der Waals surface area contributed by atoms with Crippen LogP contribution < -0.4 is 0 Å². The average Bonchev–Trinajstić information content (AvgIpc) is 2.85. The number of rotatable bonds is 9. The molecule has 0 N–H and O–H groups in total. The summed E-state index contributed by atoms with van der Waals surface area (Å²) in [4.78, 5) is 0. The van der Waals surface area contributed by atoms with Gasteiger partial charge in [0.05, 0.1) is 0 Å². The first kappa shape index (κ1) is 22.8. The second-order valence-electron chi connectivity index (χ2n) is 10.1. The highest BCUT2D eigenvalue weighted by molar-refractivity contribution is 5.27. The summed E-state index contributed by atoms with van der Waals surface area (Å²) in [6.07, 6.45) is 11.7. The first-order valence-electron chi connectivity index (χ1n) is 12.9. The summed E-state index contributed by atoms with van der Waals surface area (Å²) in [5, 5.41) is 0. The zero-order valence-corrected chi connectivity index (χ0v) is 20.1. The molecule has 0 aliphatic heterocycles. The van der Waals surface area contributed by atoms with Crippen LogP contribution in [0.5, 0.6) is 0 Å². The lowest BCUT2D eigenvalue weighted by molar-refractivity contribution is 0.310. The Kier molecular flexibility index (Phi) is 8.21. The zero-order valence-electron chi connectivity index (χ0n) is 20.1. The summed E-state index contributed by atoms with van der Waals surface area (Å²) in [7, 11) is 0. The van der Waals surface area contributed by atoms with Crippen molar-refractivity contribution in [3.63, 3.8) is 0 Å². The lowest BCUT2D eigenvalue weighted by Gasteiger charge is -2.29. The molecule has 1 fully saturated rings. The van der Waals surface area contributed by atoms with Crippen LogP contribution in [0.2, 0.25) is 0 Å². The van der Waals surface area contributed by atoms with E-state index >= 15 is 0 Å². The SMILES string of the molecule is CCCc1ccc(C2CCC(CCc3ccc(C[C@H](C)c4ccccc4)cc3)CC2)cc1. The highest BCUT2D eigenvalue weighted by atomic mass is 14.3. The molecule has 0 nitrogen and oxygen atoms in total. The van der Waals surface area contributed by atoms with Gasteiger partial charge < -0.3 is 0 Å². The van der Waals surface area contributed by atoms with Gasteiger partial charge in [-0.05, 0) is 96.9 Å². The molecule has 0 saturated heterocycles. The summed E-state index contributed by atoms with van der Waals surface area (Å²) in [6, 6.07) is 29.8. The molecule has 0 bridgehead atoms. The molecule has 0 aromatic heterocycles. The van der Waals surface area contributed by atoms with Crippen molar-refractivity contribution in [2.45, 2.75) is 83.5 Å². The van der Waals surface area contributed by atoms with Gasteiger partial charge in [0.25, 0.3) is 0 Å². The van der Waals surface area contributed by atoms with Gasteiger partial charge in [-0.25, -0.2) is 0 Å². The molecule has 0 heterocycles. The number of hydrogen-bond donors (Lipinski definition) is 0. The summed E-state index contributed by atoms with van der Waals surface area (Å²) >= 11 is 0. The Morgan fingerprint density at radius 3 is 1.94 bits per heavy atom.